The van der Waals surface area contributed by atoms with Gasteiger partial charge in [0, 0.05) is 27.9 Å². The summed E-state index contributed by atoms with van der Waals surface area (Å²) in [5, 5.41) is 0. The Labute approximate surface area is 195 Å². The van der Waals surface area contributed by atoms with Crippen molar-refractivity contribution in [1.82, 2.24) is 0 Å². The van der Waals surface area contributed by atoms with Crippen molar-refractivity contribution >= 4 is 11.4 Å². The van der Waals surface area contributed by atoms with Crippen LogP contribution in [0.1, 0.15) is 36.1 Å². The van der Waals surface area contributed by atoms with Crippen molar-refractivity contribution in [1.29, 1.82) is 0 Å². The maximum Gasteiger partial charge on any atom is 0.131 e. The molecular formula is C29H30N2O2. The molecule has 0 saturated carbocycles. The van der Waals surface area contributed by atoms with Gasteiger partial charge in [-0.15, -0.1) is 0 Å². The molecule has 0 radical (unpaired) electrons. The normalized spacial score (nSPS) is 11.3. The number of rotatable bonds is 6. The fraction of sp³-hybridized carbons (Fsp3) is 0.172. The summed E-state index contributed by atoms with van der Waals surface area (Å²) >= 11 is 0. The van der Waals surface area contributed by atoms with Crippen LogP contribution in [-0.4, -0.2) is 0 Å². The van der Waals surface area contributed by atoms with E-state index >= 15 is 0 Å². The fourth-order valence-corrected chi connectivity index (χ4v) is 4.10. The van der Waals surface area contributed by atoms with Gasteiger partial charge in [0.25, 0.3) is 0 Å². The third-order valence-electron chi connectivity index (χ3n) is 5.96. The van der Waals surface area contributed by atoms with Gasteiger partial charge in [-0.25, -0.2) is 0 Å². The van der Waals surface area contributed by atoms with Crippen LogP contribution < -0.4 is 20.9 Å². The molecule has 168 valence electrons. The molecule has 0 aliphatic heterocycles. The van der Waals surface area contributed by atoms with Crippen LogP contribution in [-0.2, 0) is 5.41 Å². The molecule has 0 fully saturated rings. The number of nitrogens with two attached hydrogens (primary N) is 2. The van der Waals surface area contributed by atoms with Crippen LogP contribution >= 0.6 is 0 Å². The highest BCUT2D eigenvalue weighted by molar-refractivity contribution is 5.55. The smallest absolute Gasteiger partial charge is 0.131 e. The van der Waals surface area contributed by atoms with Gasteiger partial charge in [0.15, 0.2) is 0 Å². The van der Waals surface area contributed by atoms with Crippen molar-refractivity contribution in [2.75, 3.05) is 11.5 Å². The predicted octanol–water partition coefficient (Wildman–Crippen LogP) is 7.38. The number of nitrogen functional groups attached to an aromatic ring is 2. The van der Waals surface area contributed by atoms with Gasteiger partial charge in [-0.3, -0.25) is 0 Å². The zero-order valence-electron chi connectivity index (χ0n) is 19.6. The molecule has 0 aromatic heterocycles. The molecule has 4 rings (SSSR count). The predicted molar refractivity (Wildman–Crippen MR) is 136 cm³/mol. The Kier molecular flexibility index (Phi) is 6.01. The second-order valence-electron chi connectivity index (χ2n) is 8.87. The van der Waals surface area contributed by atoms with Crippen molar-refractivity contribution in [3.05, 3.63) is 107 Å². The zero-order valence-corrected chi connectivity index (χ0v) is 19.6. The van der Waals surface area contributed by atoms with Crippen molar-refractivity contribution in [3.63, 3.8) is 0 Å². The third kappa shape index (κ3) is 4.65. The van der Waals surface area contributed by atoms with Gasteiger partial charge in [0.1, 0.15) is 23.0 Å². The van der Waals surface area contributed by atoms with Gasteiger partial charge in [-0.2, -0.15) is 0 Å². The van der Waals surface area contributed by atoms with E-state index in [1.165, 1.54) is 0 Å². The Morgan fingerprint density at radius 1 is 0.545 bits per heavy atom. The fourth-order valence-electron chi connectivity index (χ4n) is 4.10. The van der Waals surface area contributed by atoms with Crippen molar-refractivity contribution in [3.8, 4) is 23.0 Å². The van der Waals surface area contributed by atoms with E-state index in [0.29, 0.717) is 0 Å². The van der Waals surface area contributed by atoms with Crippen molar-refractivity contribution in [2.24, 2.45) is 0 Å². The first-order chi connectivity index (χ1) is 15.8. The summed E-state index contributed by atoms with van der Waals surface area (Å²) in [6.07, 6.45) is 0. The molecule has 0 amide bonds. The minimum Gasteiger partial charge on any atom is -0.457 e. The minimum absolute atomic E-state index is 0.392. The highest BCUT2D eigenvalue weighted by Gasteiger charge is 2.30. The van der Waals surface area contributed by atoms with Crippen LogP contribution in [0.3, 0.4) is 0 Å². The van der Waals surface area contributed by atoms with E-state index in [1.54, 1.807) is 0 Å². The Bertz CT molecular complexity index is 1200. The maximum atomic E-state index is 6.38. The maximum absolute atomic E-state index is 6.38. The van der Waals surface area contributed by atoms with Crippen LogP contribution in [0.15, 0.2) is 84.9 Å². The lowest BCUT2D eigenvalue weighted by Crippen LogP contribution is -2.20. The minimum atomic E-state index is -0.392. The number of para-hydroxylation sites is 2. The largest absolute Gasteiger partial charge is 0.457 e. The molecule has 0 aliphatic carbocycles. The molecule has 0 bridgehead atoms. The third-order valence-corrected chi connectivity index (χ3v) is 5.96. The number of hydrogen-bond donors (Lipinski definition) is 2. The summed E-state index contributed by atoms with van der Waals surface area (Å²) < 4.78 is 12.8. The molecule has 0 spiro atoms. The molecular weight excluding hydrogens is 408 g/mol. The Balaban J connectivity index is 1.74. The summed E-state index contributed by atoms with van der Waals surface area (Å²) in [6.45, 7) is 8.36. The van der Waals surface area contributed by atoms with E-state index in [2.05, 4.69) is 26.0 Å². The van der Waals surface area contributed by atoms with Crippen molar-refractivity contribution in [2.45, 2.75) is 33.1 Å². The number of anilines is 2. The molecule has 4 heteroatoms. The van der Waals surface area contributed by atoms with Gasteiger partial charge in [0.05, 0.1) is 0 Å². The lowest BCUT2D eigenvalue weighted by atomic mass is 9.77. The highest BCUT2D eigenvalue weighted by atomic mass is 16.5. The van der Waals surface area contributed by atoms with E-state index in [9.17, 15) is 0 Å². The van der Waals surface area contributed by atoms with Gasteiger partial charge >= 0.3 is 0 Å². The Morgan fingerprint density at radius 2 is 0.939 bits per heavy atom. The SMILES string of the molecule is Cc1cc(N)ccc1Oc1ccccc1C(C)(C)c1ccccc1Oc1ccc(N)cc1C. The van der Waals surface area contributed by atoms with E-state index < -0.39 is 5.41 Å². The van der Waals surface area contributed by atoms with Crippen LogP contribution in [0.25, 0.3) is 0 Å². The summed E-state index contributed by atoms with van der Waals surface area (Å²) in [7, 11) is 0. The van der Waals surface area contributed by atoms with Gasteiger partial charge in [-0.1, -0.05) is 50.2 Å². The molecule has 0 saturated heterocycles. The first-order valence-corrected chi connectivity index (χ1v) is 11.0. The van der Waals surface area contributed by atoms with E-state index in [-0.39, 0.29) is 0 Å². The molecule has 33 heavy (non-hydrogen) atoms. The van der Waals surface area contributed by atoms with Gasteiger partial charge < -0.3 is 20.9 Å². The molecule has 0 heterocycles. The van der Waals surface area contributed by atoms with E-state index in [1.807, 2.05) is 86.6 Å². The van der Waals surface area contributed by atoms with E-state index in [4.69, 9.17) is 20.9 Å². The molecule has 0 aliphatic rings. The molecule has 4 N–H and O–H groups in total. The zero-order chi connectivity index (χ0) is 23.6. The van der Waals surface area contributed by atoms with Crippen LogP contribution in [0.2, 0.25) is 0 Å². The summed E-state index contributed by atoms with van der Waals surface area (Å²) in [5.41, 5.74) is 17.0. The van der Waals surface area contributed by atoms with Gasteiger partial charge in [0.2, 0.25) is 0 Å². The molecule has 4 nitrogen and oxygen atoms in total. The topological polar surface area (TPSA) is 70.5 Å². The van der Waals surface area contributed by atoms with Crippen LogP contribution in [0.5, 0.6) is 23.0 Å². The average molecular weight is 439 g/mol. The second kappa shape index (κ2) is 8.91. The lowest BCUT2D eigenvalue weighted by molar-refractivity contribution is 0.442. The Morgan fingerprint density at radius 3 is 1.33 bits per heavy atom. The molecule has 4 aromatic carbocycles. The summed E-state index contributed by atoms with van der Waals surface area (Å²) in [4.78, 5) is 0. The number of aryl methyl sites for hydroxylation is 2. The quantitative estimate of drug-likeness (QED) is 0.308. The second-order valence-corrected chi connectivity index (χ2v) is 8.87. The number of benzene rings is 4. The summed E-state index contributed by atoms with van der Waals surface area (Å²) in [5.74, 6) is 3.17. The van der Waals surface area contributed by atoms with Crippen LogP contribution in [0.4, 0.5) is 11.4 Å². The van der Waals surface area contributed by atoms with E-state index in [0.717, 1.165) is 56.6 Å². The molecule has 4 aromatic rings. The molecule has 0 atom stereocenters. The standard InChI is InChI=1S/C29H30N2O2/c1-19-17-21(30)13-15-25(19)32-27-11-7-5-9-23(27)29(3,4)24-10-6-8-12-28(24)33-26-16-14-22(31)18-20(26)2/h5-18H,30-31H2,1-4H3. The summed E-state index contributed by atoms with van der Waals surface area (Å²) in [6, 6.07) is 27.6. The van der Waals surface area contributed by atoms with Gasteiger partial charge in [-0.05, 0) is 73.5 Å². The molecule has 0 unspecified atom stereocenters. The average Bonchev–Trinajstić information content (AvgIpc) is 2.78. The Hall–Kier alpha value is -3.92. The number of ether oxygens (including phenoxy) is 2. The first kappa shape index (κ1) is 22.3. The first-order valence-electron chi connectivity index (χ1n) is 11.0. The monoisotopic (exact) mass is 438 g/mol. The highest BCUT2D eigenvalue weighted by Crippen LogP contribution is 2.44. The van der Waals surface area contributed by atoms with Crippen LogP contribution in [0, 0.1) is 13.8 Å². The van der Waals surface area contributed by atoms with Crippen molar-refractivity contribution < 1.29 is 9.47 Å². The number of hydrogen-bond acceptors (Lipinski definition) is 4. The lowest BCUT2D eigenvalue weighted by Gasteiger charge is -2.30.